The van der Waals surface area contributed by atoms with Gasteiger partial charge in [0.05, 0.1) is 12.7 Å². The van der Waals surface area contributed by atoms with Crippen molar-refractivity contribution in [2.75, 3.05) is 13.7 Å². The third kappa shape index (κ3) is 3.57. The maximum atomic E-state index is 12.0. The summed E-state index contributed by atoms with van der Waals surface area (Å²) < 4.78 is 5.23. The second kappa shape index (κ2) is 5.33. The van der Waals surface area contributed by atoms with Gasteiger partial charge >= 0.3 is 0 Å². The molecule has 0 aliphatic carbocycles. The molecule has 3 heteroatoms. The maximum Gasteiger partial charge on any atom is 0.251 e. The van der Waals surface area contributed by atoms with Crippen molar-refractivity contribution in [3.8, 4) is 0 Å². The van der Waals surface area contributed by atoms with Crippen LogP contribution in [-0.2, 0) is 16.6 Å². The second-order valence-corrected chi connectivity index (χ2v) is 6.20. The first-order valence-electron chi connectivity index (χ1n) is 6.89. The predicted octanol–water partition coefficient (Wildman–Crippen LogP) is 2.68. The quantitative estimate of drug-likeness (QED) is 0.847. The van der Waals surface area contributed by atoms with Crippen molar-refractivity contribution in [3.63, 3.8) is 0 Å². The highest BCUT2D eigenvalue weighted by Crippen LogP contribution is 2.26. The van der Waals surface area contributed by atoms with Crippen molar-refractivity contribution >= 4 is 5.91 Å². The van der Waals surface area contributed by atoms with Crippen molar-refractivity contribution < 1.29 is 9.53 Å². The van der Waals surface area contributed by atoms with Crippen LogP contribution in [0.4, 0.5) is 0 Å². The Balaban J connectivity index is 2.27. The average Bonchev–Trinajstić information content (AvgIpc) is 3.18. The van der Waals surface area contributed by atoms with Crippen molar-refractivity contribution in [1.82, 2.24) is 5.32 Å². The number of epoxide rings is 1. The molecule has 0 bridgehead atoms. The molecule has 1 fully saturated rings. The lowest BCUT2D eigenvalue weighted by molar-refractivity contribution is 0.0962. The normalized spacial score (nSPS) is 18.2. The zero-order valence-corrected chi connectivity index (χ0v) is 12.2. The number of hydrogen-bond acceptors (Lipinski definition) is 2. The summed E-state index contributed by atoms with van der Waals surface area (Å²) in [6, 6.07) is 6.25. The molecule has 1 aliphatic rings. The van der Waals surface area contributed by atoms with E-state index in [1.54, 1.807) is 7.05 Å². The van der Waals surface area contributed by atoms with E-state index in [1.807, 2.05) is 6.07 Å². The first-order chi connectivity index (χ1) is 8.91. The molecule has 0 saturated carbocycles. The van der Waals surface area contributed by atoms with Gasteiger partial charge in [-0.1, -0.05) is 32.9 Å². The van der Waals surface area contributed by atoms with Crippen LogP contribution in [0.3, 0.4) is 0 Å². The number of carbonyl (C=O) groups excluding carboxylic acids is 1. The fraction of sp³-hybridized carbons (Fsp3) is 0.562. The molecule has 0 aromatic heterocycles. The van der Waals surface area contributed by atoms with E-state index in [0.29, 0.717) is 6.10 Å². The van der Waals surface area contributed by atoms with Gasteiger partial charge in [-0.15, -0.1) is 0 Å². The number of ether oxygens (including phenoxy) is 1. The number of carbonyl (C=O) groups is 1. The second-order valence-electron chi connectivity index (χ2n) is 6.20. The summed E-state index contributed by atoms with van der Waals surface area (Å²) in [5.74, 6) is -0.00202. The van der Waals surface area contributed by atoms with Gasteiger partial charge in [0.1, 0.15) is 0 Å². The summed E-state index contributed by atoms with van der Waals surface area (Å²) in [5, 5.41) is 2.73. The molecule has 0 radical (unpaired) electrons. The van der Waals surface area contributed by atoms with Crippen LogP contribution in [0.5, 0.6) is 0 Å². The smallest absolute Gasteiger partial charge is 0.251 e. The maximum absolute atomic E-state index is 12.0. The topological polar surface area (TPSA) is 41.6 Å². The highest BCUT2D eigenvalue weighted by Gasteiger charge is 2.23. The molecule has 3 nitrogen and oxygen atoms in total. The van der Waals surface area contributed by atoms with Crippen molar-refractivity contribution in [1.29, 1.82) is 0 Å². The number of amides is 1. The minimum absolute atomic E-state index is 0.00202. The molecule has 1 aromatic rings. The van der Waals surface area contributed by atoms with Crippen LogP contribution in [0.25, 0.3) is 0 Å². The van der Waals surface area contributed by atoms with E-state index in [2.05, 4.69) is 38.2 Å². The van der Waals surface area contributed by atoms with Gasteiger partial charge in [-0.05, 0) is 35.4 Å². The Morgan fingerprint density at radius 1 is 1.42 bits per heavy atom. The lowest BCUT2D eigenvalue weighted by Crippen LogP contribution is -2.21. The third-order valence-electron chi connectivity index (χ3n) is 3.59. The van der Waals surface area contributed by atoms with E-state index in [9.17, 15) is 4.79 Å². The van der Waals surface area contributed by atoms with E-state index in [1.165, 1.54) is 5.56 Å². The Kier molecular flexibility index (Phi) is 3.95. The highest BCUT2D eigenvalue weighted by atomic mass is 16.6. The molecule has 1 heterocycles. The van der Waals surface area contributed by atoms with Gasteiger partial charge in [0.15, 0.2) is 0 Å². The number of nitrogens with one attached hydrogen (secondary N) is 1. The Bertz CT molecular complexity index is 470. The summed E-state index contributed by atoms with van der Waals surface area (Å²) in [6.45, 7) is 7.35. The fourth-order valence-electron chi connectivity index (χ4n) is 2.16. The molecular formula is C16H23NO2. The molecule has 1 aliphatic heterocycles. The minimum atomic E-state index is -0.00202. The van der Waals surface area contributed by atoms with Crippen LogP contribution in [0.2, 0.25) is 0 Å². The Hall–Kier alpha value is -1.35. The summed E-state index contributed by atoms with van der Waals surface area (Å²) >= 11 is 0. The van der Waals surface area contributed by atoms with Crippen LogP contribution < -0.4 is 5.32 Å². The molecule has 2 rings (SSSR count). The van der Waals surface area contributed by atoms with E-state index in [0.717, 1.165) is 30.6 Å². The first-order valence-corrected chi connectivity index (χ1v) is 6.89. The molecule has 19 heavy (non-hydrogen) atoms. The molecule has 1 amide bonds. The summed E-state index contributed by atoms with van der Waals surface area (Å²) in [5.41, 5.74) is 3.16. The van der Waals surface area contributed by atoms with Gasteiger partial charge in [-0.25, -0.2) is 0 Å². The predicted molar refractivity (Wildman–Crippen MR) is 76.6 cm³/mol. The number of rotatable bonds is 4. The Labute approximate surface area is 115 Å². The monoisotopic (exact) mass is 261 g/mol. The van der Waals surface area contributed by atoms with Gasteiger partial charge in [0.25, 0.3) is 5.91 Å². The molecule has 1 atom stereocenters. The van der Waals surface area contributed by atoms with Crippen LogP contribution in [0.1, 0.15) is 48.7 Å². The molecule has 1 N–H and O–H groups in total. The third-order valence-corrected chi connectivity index (χ3v) is 3.59. The molecule has 0 spiro atoms. The molecule has 1 saturated heterocycles. The van der Waals surface area contributed by atoms with Gasteiger partial charge in [0.2, 0.25) is 0 Å². The minimum Gasteiger partial charge on any atom is -0.373 e. The van der Waals surface area contributed by atoms with Crippen LogP contribution in [0, 0.1) is 0 Å². The zero-order valence-electron chi connectivity index (χ0n) is 12.2. The number of aryl methyl sites for hydroxylation is 1. The molecule has 0 unspecified atom stereocenters. The average molecular weight is 261 g/mol. The Morgan fingerprint density at radius 2 is 2.11 bits per heavy atom. The number of hydrogen-bond donors (Lipinski definition) is 1. The van der Waals surface area contributed by atoms with Crippen molar-refractivity contribution in [2.24, 2.45) is 0 Å². The summed E-state index contributed by atoms with van der Waals surface area (Å²) in [7, 11) is 1.68. The van der Waals surface area contributed by atoms with E-state index < -0.39 is 0 Å². The van der Waals surface area contributed by atoms with Crippen LogP contribution in [0.15, 0.2) is 18.2 Å². The zero-order chi connectivity index (χ0) is 14.0. The standard InChI is InChI=1S/C16H23NO2/c1-16(2,3)12-7-5-11(6-8-13-10-19-13)14(9-12)15(18)17-4/h5,7,9,13H,6,8,10H2,1-4H3,(H,17,18)/t13-/m1/s1. The van der Waals surface area contributed by atoms with Crippen LogP contribution in [-0.4, -0.2) is 25.7 Å². The van der Waals surface area contributed by atoms with Crippen molar-refractivity contribution in [3.05, 3.63) is 34.9 Å². The summed E-state index contributed by atoms with van der Waals surface area (Å²) in [4.78, 5) is 12.0. The van der Waals surface area contributed by atoms with Crippen LogP contribution >= 0.6 is 0 Å². The lowest BCUT2D eigenvalue weighted by atomic mass is 9.84. The fourth-order valence-corrected chi connectivity index (χ4v) is 2.16. The SMILES string of the molecule is CNC(=O)c1cc(C(C)(C)C)ccc1CC[C@@H]1CO1. The van der Waals surface area contributed by atoms with Gasteiger partial charge in [-0.3, -0.25) is 4.79 Å². The highest BCUT2D eigenvalue weighted by molar-refractivity contribution is 5.95. The largest absolute Gasteiger partial charge is 0.373 e. The Morgan fingerprint density at radius 3 is 2.63 bits per heavy atom. The first kappa shape index (κ1) is 14.1. The van der Waals surface area contributed by atoms with Crippen molar-refractivity contribution in [2.45, 2.75) is 45.1 Å². The molecule has 104 valence electrons. The van der Waals surface area contributed by atoms with E-state index in [4.69, 9.17) is 4.74 Å². The van der Waals surface area contributed by atoms with E-state index in [-0.39, 0.29) is 11.3 Å². The molecule has 1 aromatic carbocycles. The van der Waals surface area contributed by atoms with E-state index >= 15 is 0 Å². The lowest BCUT2D eigenvalue weighted by Gasteiger charge is -2.21. The van der Waals surface area contributed by atoms with Gasteiger partial charge in [-0.2, -0.15) is 0 Å². The summed E-state index contributed by atoms with van der Waals surface area (Å²) in [6.07, 6.45) is 2.30. The number of benzene rings is 1. The van der Waals surface area contributed by atoms with Gasteiger partial charge < -0.3 is 10.1 Å². The van der Waals surface area contributed by atoms with Gasteiger partial charge in [0, 0.05) is 12.6 Å². The molecular weight excluding hydrogens is 238 g/mol.